The summed E-state index contributed by atoms with van der Waals surface area (Å²) in [5, 5.41) is 0. The minimum absolute atomic E-state index is 0.0528. The van der Waals surface area contributed by atoms with Crippen LogP contribution in [0.3, 0.4) is 0 Å². The van der Waals surface area contributed by atoms with Crippen molar-refractivity contribution < 1.29 is 14.3 Å². The largest absolute Gasteiger partial charge is 0.462 e. The minimum atomic E-state index is -0.417. The first kappa shape index (κ1) is 17.3. The molecule has 0 spiro atoms. The number of carbonyl (C=O) groups is 1. The molecule has 0 bridgehead atoms. The summed E-state index contributed by atoms with van der Waals surface area (Å²) in [5.74, 6) is -0.104. The molecule has 1 saturated carbocycles. The topological polar surface area (TPSA) is 38.8 Å². The van der Waals surface area contributed by atoms with E-state index >= 15 is 0 Å². The van der Waals surface area contributed by atoms with Gasteiger partial charge in [-0.1, -0.05) is 60.7 Å². The third kappa shape index (κ3) is 3.81. The molecule has 0 N–H and O–H groups in total. The fraction of sp³-hybridized carbons (Fsp3) is 0.409. The molecule has 1 saturated heterocycles. The molecule has 2 fully saturated rings. The molecule has 1 aliphatic carbocycles. The molecular formula is C22H25NO3. The van der Waals surface area contributed by atoms with Crippen molar-refractivity contribution in [2.24, 2.45) is 0 Å². The highest BCUT2D eigenvalue weighted by molar-refractivity contribution is 5.86. The van der Waals surface area contributed by atoms with Gasteiger partial charge in [-0.15, -0.1) is 0 Å². The number of nitrogens with zero attached hydrogens (tertiary/aromatic N) is 1. The van der Waals surface area contributed by atoms with Crippen LogP contribution >= 0.6 is 0 Å². The zero-order chi connectivity index (χ0) is 17.8. The van der Waals surface area contributed by atoms with E-state index in [0.29, 0.717) is 13.2 Å². The smallest absolute Gasteiger partial charge is 0.316 e. The Kier molecular flexibility index (Phi) is 5.05. The number of benzene rings is 2. The van der Waals surface area contributed by atoms with Gasteiger partial charge in [0.15, 0.2) is 0 Å². The number of morpholine rings is 1. The van der Waals surface area contributed by atoms with Crippen molar-refractivity contribution in [1.29, 1.82) is 0 Å². The van der Waals surface area contributed by atoms with Crippen LogP contribution in [0.25, 0.3) is 0 Å². The normalized spacial score (nSPS) is 21.9. The second-order valence-corrected chi connectivity index (χ2v) is 7.26. The Morgan fingerprint density at radius 3 is 2.46 bits per heavy atom. The van der Waals surface area contributed by atoms with Crippen molar-refractivity contribution in [3.63, 3.8) is 0 Å². The van der Waals surface area contributed by atoms with E-state index < -0.39 is 5.41 Å². The third-order valence-electron chi connectivity index (χ3n) is 5.34. The number of ether oxygens (including phenoxy) is 2. The summed E-state index contributed by atoms with van der Waals surface area (Å²) in [5.41, 5.74) is 1.95. The number of esters is 1. The van der Waals surface area contributed by atoms with Crippen LogP contribution in [0.5, 0.6) is 0 Å². The fourth-order valence-corrected chi connectivity index (χ4v) is 3.67. The Bertz CT molecular complexity index is 728. The summed E-state index contributed by atoms with van der Waals surface area (Å²) in [6, 6.07) is 20.4. The van der Waals surface area contributed by atoms with Crippen LogP contribution < -0.4 is 0 Å². The van der Waals surface area contributed by atoms with Gasteiger partial charge >= 0.3 is 5.97 Å². The van der Waals surface area contributed by atoms with Crippen LogP contribution in [0.15, 0.2) is 60.7 Å². The molecule has 4 nitrogen and oxygen atoms in total. The van der Waals surface area contributed by atoms with E-state index in [0.717, 1.165) is 38.0 Å². The van der Waals surface area contributed by atoms with Gasteiger partial charge in [-0.25, -0.2) is 0 Å². The number of hydrogen-bond acceptors (Lipinski definition) is 4. The molecule has 4 rings (SSSR count). The first-order valence-corrected chi connectivity index (χ1v) is 9.37. The molecule has 1 atom stereocenters. The molecule has 2 aromatic carbocycles. The molecule has 136 valence electrons. The van der Waals surface area contributed by atoms with E-state index in [1.807, 2.05) is 36.4 Å². The molecule has 1 heterocycles. The Morgan fingerprint density at radius 1 is 1.08 bits per heavy atom. The van der Waals surface area contributed by atoms with Gasteiger partial charge in [-0.2, -0.15) is 0 Å². The van der Waals surface area contributed by atoms with Gasteiger partial charge < -0.3 is 9.47 Å². The molecule has 1 aliphatic heterocycles. The van der Waals surface area contributed by atoms with Crippen LogP contribution in [-0.4, -0.2) is 43.3 Å². The molecule has 0 radical (unpaired) electrons. The van der Waals surface area contributed by atoms with Crippen molar-refractivity contribution >= 4 is 5.97 Å². The maximum absolute atomic E-state index is 12.7. The van der Waals surface area contributed by atoms with Crippen molar-refractivity contribution in [2.75, 3.05) is 26.3 Å². The number of rotatable bonds is 6. The van der Waals surface area contributed by atoms with Crippen molar-refractivity contribution in [3.05, 3.63) is 71.8 Å². The predicted molar refractivity (Wildman–Crippen MR) is 99.8 cm³/mol. The van der Waals surface area contributed by atoms with E-state index in [1.54, 1.807) is 0 Å². The number of hydrogen-bond donors (Lipinski definition) is 0. The zero-order valence-electron chi connectivity index (χ0n) is 15.0. The summed E-state index contributed by atoms with van der Waals surface area (Å²) in [7, 11) is 0. The first-order chi connectivity index (χ1) is 12.8. The summed E-state index contributed by atoms with van der Waals surface area (Å²) >= 11 is 0. The minimum Gasteiger partial charge on any atom is -0.462 e. The van der Waals surface area contributed by atoms with Gasteiger partial charge in [0.1, 0.15) is 12.7 Å². The van der Waals surface area contributed by atoms with E-state index in [9.17, 15) is 4.79 Å². The van der Waals surface area contributed by atoms with E-state index in [2.05, 4.69) is 29.2 Å². The van der Waals surface area contributed by atoms with Crippen LogP contribution in [-0.2, 0) is 26.2 Å². The SMILES string of the molecule is O=C(OCC1CN(Cc2ccccc2)CCO1)C1(c2ccccc2)CC1. The Hall–Kier alpha value is -2.17. The van der Waals surface area contributed by atoms with E-state index in [4.69, 9.17) is 9.47 Å². The second kappa shape index (κ2) is 7.60. The first-order valence-electron chi connectivity index (χ1n) is 9.37. The van der Waals surface area contributed by atoms with E-state index in [-0.39, 0.29) is 12.1 Å². The molecular weight excluding hydrogens is 326 g/mol. The van der Waals surface area contributed by atoms with Crippen molar-refractivity contribution in [2.45, 2.75) is 30.9 Å². The molecule has 26 heavy (non-hydrogen) atoms. The van der Waals surface area contributed by atoms with E-state index in [1.165, 1.54) is 5.56 Å². The van der Waals surface area contributed by atoms with Crippen LogP contribution in [0.2, 0.25) is 0 Å². The predicted octanol–water partition coefficient (Wildman–Crippen LogP) is 3.16. The summed E-state index contributed by atoms with van der Waals surface area (Å²) < 4.78 is 11.5. The third-order valence-corrected chi connectivity index (χ3v) is 5.34. The summed E-state index contributed by atoms with van der Waals surface area (Å²) in [6.45, 7) is 3.62. The lowest BCUT2D eigenvalue weighted by atomic mass is 9.96. The highest BCUT2D eigenvalue weighted by atomic mass is 16.6. The molecule has 2 aromatic rings. The van der Waals surface area contributed by atoms with Crippen LogP contribution in [0.4, 0.5) is 0 Å². The maximum Gasteiger partial charge on any atom is 0.316 e. The fourth-order valence-electron chi connectivity index (χ4n) is 3.67. The van der Waals surface area contributed by atoms with Gasteiger partial charge in [0.25, 0.3) is 0 Å². The molecule has 1 unspecified atom stereocenters. The molecule has 0 aromatic heterocycles. The lowest BCUT2D eigenvalue weighted by Crippen LogP contribution is -2.44. The summed E-state index contributed by atoms with van der Waals surface area (Å²) in [4.78, 5) is 15.0. The molecule has 4 heteroatoms. The average Bonchev–Trinajstić information content (AvgIpc) is 3.50. The van der Waals surface area contributed by atoms with Crippen LogP contribution in [0, 0.1) is 0 Å². The standard InChI is InChI=1S/C22H25NO3/c24-21(22(11-12-22)19-9-5-2-6-10-19)26-17-20-16-23(13-14-25-20)15-18-7-3-1-4-8-18/h1-10,20H,11-17H2. The monoisotopic (exact) mass is 351 g/mol. The Morgan fingerprint density at radius 2 is 1.77 bits per heavy atom. The molecule has 2 aliphatic rings. The van der Waals surface area contributed by atoms with Crippen molar-refractivity contribution in [1.82, 2.24) is 4.90 Å². The van der Waals surface area contributed by atoms with Gasteiger partial charge in [-0.3, -0.25) is 9.69 Å². The van der Waals surface area contributed by atoms with Gasteiger partial charge in [-0.05, 0) is 24.0 Å². The Labute approximate surface area is 154 Å². The van der Waals surface area contributed by atoms with Gasteiger partial charge in [0.05, 0.1) is 12.0 Å². The molecule has 0 amide bonds. The maximum atomic E-state index is 12.7. The highest BCUT2D eigenvalue weighted by Gasteiger charge is 2.52. The quantitative estimate of drug-likeness (QED) is 0.750. The van der Waals surface area contributed by atoms with Crippen molar-refractivity contribution in [3.8, 4) is 0 Å². The lowest BCUT2D eigenvalue weighted by molar-refractivity contribution is -0.153. The lowest BCUT2D eigenvalue weighted by Gasteiger charge is -2.32. The Balaban J connectivity index is 1.30. The van der Waals surface area contributed by atoms with Crippen LogP contribution in [0.1, 0.15) is 24.0 Å². The van der Waals surface area contributed by atoms with Gasteiger partial charge in [0.2, 0.25) is 0 Å². The second-order valence-electron chi connectivity index (χ2n) is 7.26. The van der Waals surface area contributed by atoms with Gasteiger partial charge in [0, 0.05) is 19.6 Å². The summed E-state index contributed by atoms with van der Waals surface area (Å²) in [6.07, 6.45) is 1.70. The average molecular weight is 351 g/mol. The zero-order valence-corrected chi connectivity index (χ0v) is 15.0. The number of carbonyl (C=O) groups excluding carboxylic acids is 1. The highest BCUT2D eigenvalue weighted by Crippen LogP contribution is 2.49.